The molecule has 0 aliphatic rings. The Morgan fingerprint density at radius 3 is 2.34 bits per heavy atom. The van der Waals surface area contributed by atoms with Gasteiger partial charge >= 0.3 is 6.09 Å². The second-order valence-electron chi connectivity index (χ2n) is 8.00. The number of halogens is 1. The van der Waals surface area contributed by atoms with E-state index in [1.807, 2.05) is 0 Å². The van der Waals surface area contributed by atoms with Crippen molar-refractivity contribution in [1.82, 2.24) is 20.6 Å². The Balaban J connectivity index is 2.20. The molecule has 0 aliphatic heterocycles. The van der Waals surface area contributed by atoms with Gasteiger partial charge in [0.15, 0.2) is 11.5 Å². The van der Waals surface area contributed by atoms with E-state index in [2.05, 4.69) is 20.6 Å². The third kappa shape index (κ3) is 6.77. The molecule has 0 saturated heterocycles. The van der Waals surface area contributed by atoms with E-state index >= 15 is 0 Å². The van der Waals surface area contributed by atoms with Crippen molar-refractivity contribution >= 4 is 12.0 Å². The zero-order valence-corrected chi connectivity index (χ0v) is 18.5. The zero-order valence-electron chi connectivity index (χ0n) is 18.5. The predicted octanol–water partition coefficient (Wildman–Crippen LogP) is 2.56. The number of aromatic nitrogens is 2. The molecule has 0 bridgehead atoms. The van der Waals surface area contributed by atoms with Gasteiger partial charge in [-0.1, -0.05) is 12.1 Å². The maximum Gasteiger partial charge on any atom is 0.407 e. The van der Waals surface area contributed by atoms with Crippen LogP contribution in [0.4, 0.5) is 9.18 Å². The molecule has 1 heterocycles. The van der Waals surface area contributed by atoms with Crippen LogP contribution >= 0.6 is 0 Å². The lowest BCUT2D eigenvalue weighted by Crippen LogP contribution is -2.41. The summed E-state index contributed by atoms with van der Waals surface area (Å²) in [6, 6.07) is 4.76. The number of nitrogens with one attached hydrogen (secondary N) is 2. The smallest absolute Gasteiger partial charge is 0.407 e. The van der Waals surface area contributed by atoms with Gasteiger partial charge in [-0.05, 0) is 45.4 Å². The summed E-state index contributed by atoms with van der Waals surface area (Å²) in [7, 11) is 1.33. The number of rotatable bonds is 7. The molecule has 2 amide bonds. The van der Waals surface area contributed by atoms with Gasteiger partial charge in [0, 0.05) is 13.7 Å². The maximum atomic E-state index is 13.0. The van der Waals surface area contributed by atoms with E-state index in [0.717, 1.165) is 0 Å². The quantitative estimate of drug-likeness (QED) is 0.504. The molecule has 4 N–H and O–H groups in total. The Kier molecular flexibility index (Phi) is 7.92. The van der Waals surface area contributed by atoms with E-state index in [-0.39, 0.29) is 12.4 Å². The Labute approximate surface area is 184 Å². The first-order valence-corrected chi connectivity index (χ1v) is 9.76. The molecule has 174 valence electrons. The van der Waals surface area contributed by atoms with E-state index in [4.69, 9.17) is 9.47 Å². The van der Waals surface area contributed by atoms with Crippen molar-refractivity contribution in [3.05, 3.63) is 47.2 Å². The highest BCUT2D eigenvalue weighted by Gasteiger charge is 2.29. The fourth-order valence-electron chi connectivity index (χ4n) is 2.72. The van der Waals surface area contributed by atoms with Crippen LogP contribution in [0.1, 0.15) is 55.7 Å². The molecule has 1 aromatic heterocycles. The minimum atomic E-state index is -0.974. The summed E-state index contributed by atoms with van der Waals surface area (Å²) in [5.74, 6) is -2.99. The molecule has 2 atom stereocenters. The van der Waals surface area contributed by atoms with Crippen LogP contribution in [0.3, 0.4) is 0 Å². The lowest BCUT2D eigenvalue weighted by atomic mass is 10.1. The number of benzene rings is 1. The summed E-state index contributed by atoms with van der Waals surface area (Å²) >= 11 is 0. The number of hydrogen-bond acceptors (Lipinski definition) is 8. The third-order valence-corrected chi connectivity index (χ3v) is 4.17. The van der Waals surface area contributed by atoms with Crippen LogP contribution < -0.4 is 10.6 Å². The van der Waals surface area contributed by atoms with Gasteiger partial charge in [0.25, 0.3) is 11.8 Å². The molecule has 2 unspecified atom stereocenters. The standard InChI is InChI=1S/C21H27FN4O6/c1-11(24-20(30)32-21(2,3)4)16(31-5)17-25-14(15(27)19(29)26-17)18(28)23-10-12-6-8-13(22)9-7-12/h6-9,11,16,27H,10H2,1-5H3,(H,23,28)(H,24,30)(H,25,26,29). The molecule has 11 heteroatoms. The first-order chi connectivity index (χ1) is 14.9. The van der Waals surface area contributed by atoms with Gasteiger partial charge in [0.2, 0.25) is 5.75 Å². The lowest BCUT2D eigenvalue weighted by Gasteiger charge is -2.25. The Bertz CT molecular complexity index is 962. The second-order valence-corrected chi connectivity index (χ2v) is 8.00. The molecule has 0 spiro atoms. The Morgan fingerprint density at radius 2 is 1.78 bits per heavy atom. The summed E-state index contributed by atoms with van der Waals surface area (Å²) in [5.41, 5.74) is -0.584. The predicted molar refractivity (Wildman–Crippen MR) is 112 cm³/mol. The minimum Gasteiger partial charge on any atom is -0.501 e. The average Bonchev–Trinajstić information content (AvgIpc) is 2.68. The van der Waals surface area contributed by atoms with Crippen molar-refractivity contribution in [2.45, 2.75) is 52.0 Å². The number of nitrogens with zero attached hydrogens (tertiary/aromatic N) is 2. The molecule has 2 aromatic rings. The van der Waals surface area contributed by atoms with E-state index in [1.165, 1.54) is 31.4 Å². The lowest BCUT2D eigenvalue weighted by molar-refractivity contribution is 0.0332. The molecule has 2 rings (SSSR count). The molecule has 10 nitrogen and oxygen atoms in total. The molecular formula is C21H27FN4O6. The maximum absolute atomic E-state index is 13.0. The van der Waals surface area contributed by atoms with Crippen LogP contribution in [0.15, 0.2) is 24.3 Å². The van der Waals surface area contributed by atoms with Crippen molar-refractivity contribution in [2.75, 3.05) is 7.11 Å². The SMILES string of the molecule is COC(c1nc(O)c(O)c(C(=O)NCc2ccc(F)cc2)n1)C(C)NC(=O)OC(C)(C)C. The molecule has 1 aromatic carbocycles. The van der Waals surface area contributed by atoms with E-state index in [9.17, 15) is 24.2 Å². The monoisotopic (exact) mass is 450 g/mol. The molecular weight excluding hydrogens is 423 g/mol. The van der Waals surface area contributed by atoms with Crippen LogP contribution in [-0.4, -0.2) is 50.9 Å². The highest BCUT2D eigenvalue weighted by molar-refractivity contribution is 5.95. The third-order valence-electron chi connectivity index (χ3n) is 4.17. The van der Waals surface area contributed by atoms with Crippen molar-refractivity contribution in [3.8, 4) is 11.6 Å². The summed E-state index contributed by atoms with van der Waals surface area (Å²) in [6.45, 7) is 6.76. The van der Waals surface area contributed by atoms with Gasteiger partial charge in [-0.3, -0.25) is 4.79 Å². The van der Waals surface area contributed by atoms with Crippen molar-refractivity contribution < 1.29 is 33.7 Å². The molecule has 0 aliphatic carbocycles. The molecule has 32 heavy (non-hydrogen) atoms. The number of carbonyl (C=O) groups is 2. The average molecular weight is 450 g/mol. The first kappa shape index (κ1) is 24.8. The van der Waals surface area contributed by atoms with Crippen molar-refractivity contribution in [2.24, 2.45) is 0 Å². The summed E-state index contributed by atoms with van der Waals surface area (Å²) in [6.07, 6.45) is -1.68. The molecule has 0 fully saturated rings. The second kappa shape index (κ2) is 10.2. The summed E-state index contributed by atoms with van der Waals surface area (Å²) in [5, 5.41) is 25.2. The fraction of sp³-hybridized carbons (Fsp3) is 0.429. The Hall–Kier alpha value is -3.47. The molecule has 0 saturated carbocycles. The number of amides is 2. The minimum absolute atomic E-state index is 0.0307. The van der Waals surface area contributed by atoms with E-state index < -0.39 is 52.9 Å². The molecule has 0 radical (unpaired) electrons. The van der Waals surface area contributed by atoms with Crippen LogP contribution in [-0.2, 0) is 16.0 Å². The first-order valence-electron chi connectivity index (χ1n) is 9.76. The van der Waals surface area contributed by atoms with Crippen LogP contribution in [0.2, 0.25) is 0 Å². The summed E-state index contributed by atoms with van der Waals surface area (Å²) < 4.78 is 23.6. The topological polar surface area (TPSA) is 143 Å². The zero-order chi connectivity index (χ0) is 24.1. The van der Waals surface area contributed by atoms with Gasteiger partial charge in [-0.2, -0.15) is 4.98 Å². The van der Waals surface area contributed by atoms with Crippen LogP contribution in [0.5, 0.6) is 11.6 Å². The largest absolute Gasteiger partial charge is 0.501 e. The number of hydrogen-bond donors (Lipinski definition) is 4. The Morgan fingerprint density at radius 1 is 1.16 bits per heavy atom. The van der Waals surface area contributed by atoms with Crippen LogP contribution in [0.25, 0.3) is 0 Å². The van der Waals surface area contributed by atoms with Crippen LogP contribution in [0, 0.1) is 5.82 Å². The van der Waals surface area contributed by atoms with E-state index in [0.29, 0.717) is 5.56 Å². The number of alkyl carbamates (subject to hydrolysis) is 1. The van der Waals surface area contributed by atoms with Crippen molar-refractivity contribution in [3.63, 3.8) is 0 Å². The fourth-order valence-corrected chi connectivity index (χ4v) is 2.72. The number of methoxy groups -OCH3 is 1. The highest BCUT2D eigenvalue weighted by Crippen LogP contribution is 2.29. The number of ether oxygens (including phenoxy) is 2. The number of carbonyl (C=O) groups excluding carboxylic acids is 2. The normalized spacial score (nSPS) is 13.2. The van der Waals surface area contributed by atoms with Gasteiger partial charge in [-0.25, -0.2) is 14.2 Å². The van der Waals surface area contributed by atoms with E-state index in [1.54, 1.807) is 27.7 Å². The van der Waals surface area contributed by atoms with Gasteiger partial charge in [0.1, 0.15) is 17.5 Å². The van der Waals surface area contributed by atoms with Gasteiger partial charge < -0.3 is 30.3 Å². The highest BCUT2D eigenvalue weighted by atomic mass is 19.1. The van der Waals surface area contributed by atoms with Crippen molar-refractivity contribution in [1.29, 1.82) is 0 Å². The van der Waals surface area contributed by atoms with Gasteiger partial charge in [0.05, 0.1) is 6.04 Å². The summed E-state index contributed by atoms with van der Waals surface area (Å²) in [4.78, 5) is 32.4. The number of aromatic hydroxyl groups is 2. The van der Waals surface area contributed by atoms with Gasteiger partial charge in [-0.15, -0.1) is 0 Å².